The van der Waals surface area contributed by atoms with E-state index in [1.54, 1.807) is 11.3 Å². The molecule has 0 saturated carbocycles. The molecule has 0 unspecified atom stereocenters. The van der Waals surface area contributed by atoms with E-state index >= 15 is 0 Å². The number of piperazine rings is 1. The molecule has 1 atom stereocenters. The van der Waals surface area contributed by atoms with Crippen molar-refractivity contribution in [2.24, 2.45) is 0 Å². The zero-order valence-electron chi connectivity index (χ0n) is 11.7. The van der Waals surface area contributed by atoms with Crippen LogP contribution in [0, 0.1) is 0 Å². The van der Waals surface area contributed by atoms with Crippen molar-refractivity contribution in [2.45, 2.75) is 25.8 Å². The van der Waals surface area contributed by atoms with E-state index in [0.717, 1.165) is 49.8 Å². The Morgan fingerprint density at radius 1 is 1.55 bits per heavy atom. The first-order valence-electron chi connectivity index (χ1n) is 7.13. The molecule has 6 heteroatoms. The highest BCUT2D eigenvalue weighted by Crippen LogP contribution is 2.21. The molecule has 0 spiro atoms. The van der Waals surface area contributed by atoms with Crippen molar-refractivity contribution in [3.05, 3.63) is 23.4 Å². The van der Waals surface area contributed by atoms with E-state index in [9.17, 15) is 0 Å². The summed E-state index contributed by atoms with van der Waals surface area (Å²) in [5, 5.41) is 9.52. The number of nitrogens with zero attached hydrogens (tertiary/aromatic N) is 3. The van der Waals surface area contributed by atoms with Crippen LogP contribution in [-0.4, -0.2) is 47.3 Å². The SMILES string of the molecule is C[C@H]1CN(CCCc2nc(-c3cccs3)no2)CCN1. The average Bonchev–Trinajstić information content (AvgIpc) is 3.09. The Kier molecular flexibility index (Phi) is 4.44. The summed E-state index contributed by atoms with van der Waals surface area (Å²) < 4.78 is 5.31. The van der Waals surface area contributed by atoms with Crippen LogP contribution in [0.25, 0.3) is 10.7 Å². The van der Waals surface area contributed by atoms with E-state index in [0.29, 0.717) is 11.9 Å². The van der Waals surface area contributed by atoms with E-state index < -0.39 is 0 Å². The summed E-state index contributed by atoms with van der Waals surface area (Å²) in [4.78, 5) is 8.02. The van der Waals surface area contributed by atoms with E-state index in [4.69, 9.17) is 4.52 Å². The summed E-state index contributed by atoms with van der Waals surface area (Å²) in [6.07, 6.45) is 1.93. The summed E-state index contributed by atoms with van der Waals surface area (Å²) in [5.74, 6) is 1.46. The van der Waals surface area contributed by atoms with E-state index in [2.05, 4.69) is 27.3 Å². The topological polar surface area (TPSA) is 54.2 Å². The largest absolute Gasteiger partial charge is 0.339 e. The molecular weight excluding hydrogens is 272 g/mol. The first-order chi connectivity index (χ1) is 9.81. The molecule has 0 aromatic carbocycles. The Hall–Kier alpha value is -1.24. The number of aryl methyl sites for hydroxylation is 1. The molecule has 3 rings (SSSR count). The lowest BCUT2D eigenvalue weighted by Gasteiger charge is -2.31. The molecule has 1 saturated heterocycles. The van der Waals surface area contributed by atoms with Crippen LogP contribution in [0.3, 0.4) is 0 Å². The van der Waals surface area contributed by atoms with Gasteiger partial charge in [0, 0.05) is 32.1 Å². The van der Waals surface area contributed by atoms with Gasteiger partial charge in [0.15, 0.2) is 0 Å². The van der Waals surface area contributed by atoms with Crippen molar-refractivity contribution in [1.29, 1.82) is 0 Å². The molecule has 1 aliphatic rings. The minimum Gasteiger partial charge on any atom is -0.339 e. The standard InChI is InChI=1S/C14H20N4OS/c1-11-10-18(8-6-15-11)7-2-5-13-16-14(17-19-13)12-4-3-9-20-12/h3-4,9,11,15H,2,5-8,10H2,1H3/t11-/m0/s1. The third-order valence-corrected chi connectivity index (χ3v) is 4.39. The maximum atomic E-state index is 5.31. The van der Waals surface area contributed by atoms with E-state index in [1.807, 2.05) is 17.5 Å². The third-order valence-electron chi connectivity index (χ3n) is 3.53. The summed E-state index contributed by atoms with van der Waals surface area (Å²) in [6.45, 7) is 6.68. The lowest BCUT2D eigenvalue weighted by molar-refractivity contribution is 0.203. The zero-order valence-corrected chi connectivity index (χ0v) is 12.5. The van der Waals surface area contributed by atoms with Gasteiger partial charge in [0.1, 0.15) is 0 Å². The van der Waals surface area contributed by atoms with Gasteiger partial charge in [-0.3, -0.25) is 0 Å². The Balaban J connectivity index is 1.47. The number of hydrogen-bond donors (Lipinski definition) is 1. The van der Waals surface area contributed by atoms with Gasteiger partial charge in [-0.2, -0.15) is 4.98 Å². The number of rotatable bonds is 5. The van der Waals surface area contributed by atoms with Crippen LogP contribution in [0.2, 0.25) is 0 Å². The molecule has 1 aliphatic heterocycles. The first-order valence-corrected chi connectivity index (χ1v) is 8.01. The highest BCUT2D eigenvalue weighted by Gasteiger charge is 2.15. The fourth-order valence-corrected chi connectivity index (χ4v) is 3.18. The second-order valence-electron chi connectivity index (χ2n) is 5.25. The van der Waals surface area contributed by atoms with Gasteiger partial charge in [0.25, 0.3) is 0 Å². The highest BCUT2D eigenvalue weighted by molar-refractivity contribution is 7.13. The molecule has 2 aromatic heterocycles. The van der Waals surface area contributed by atoms with Gasteiger partial charge in [-0.1, -0.05) is 11.2 Å². The number of hydrogen-bond acceptors (Lipinski definition) is 6. The van der Waals surface area contributed by atoms with Gasteiger partial charge < -0.3 is 14.7 Å². The van der Waals surface area contributed by atoms with Crippen LogP contribution in [0.5, 0.6) is 0 Å². The zero-order chi connectivity index (χ0) is 13.8. The van der Waals surface area contributed by atoms with Crippen LogP contribution in [0.15, 0.2) is 22.0 Å². The third kappa shape index (κ3) is 3.45. The van der Waals surface area contributed by atoms with E-state index in [-0.39, 0.29) is 0 Å². The summed E-state index contributed by atoms with van der Waals surface area (Å²) in [7, 11) is 0. The molecule has 0 bridgehead atoms. The minimum absolute atomic E-state index is 0.595. The number of aromatic nitrogens is 2. The van der Waals surface area contributed by atoms with Gasteiger partial charge in [-0.25, -0.2) is 0 Å². The Bertz CT molecular complexity index is 525. The normalized spacial score (nSPS) is 20.4. The molecule has 20 heavy (non-hydrogen) atoms. The fraction of sp³-hybridized carbons (Fsp3) is 0.571. The molecular formula is C14H20N4OS. The van der Waals surface area contributed by atoms with Crippen molar-refractivity contribution in [1.82, 2.24) is 20.4 Å². The highest BCUT2D eigenvalue weighted by atomic mass is 32.1. The van der Waals surface area contributed by atoms with Gasteiger partial charge in [0.05, 0.1) is 4.88 Å². The Morgan fingerprint density at radius 2 is 2.50 bits per heavy atom. The quantitative estimate of drug-likeness (QED) is 0.914. The van der Waals surface area contributed by atoms with Crippen molar-refractivity contribution >= 4 is 11.3 Å². The Labute approximate surface area is 123 Å². The van der Waals surface area contributed by atoms with Gasteiger partial charge >= 0.3 is 0 Å². The molecule has 5 nitrogen and oxygen atoms in total. The summed E-state index contributed by atoms with van der Waals surface area (Å²) in [6, 6.07) is 4.61. The molecule has 2 aromatic rings. The van der Waals surface area contributed by atoms with Crippen LogP contribution < -0.4 is 5.32 Å². The summed E-state index contributed by atoms with van der Waals surface area (Å²) >= 11 is 1.64. The summed E-state index contributed by atoms with van der Waals surface area (Å²) in [5.41, 5.74) is 0. The first kappa shape index (κ1) is 13.7. The monoisotopic (exact) mass is 292 g/mol. The fourth-order valence-electron chi connectivity index (χ4n) is 2.53. The van der Waals surface area contributed by atoms with E-state index in [1.165, 1.54) is 0 Å². The lowest BCUT2D eigenvalue weighted by atomic mass is 10.2. The number of nitrogens with one attached hydrogen (secondary N) is 1. The van der Waals surface area contributed by atoms with Crippen LogP contribution in [0.4, 0.5) is 0 Å². The molecule has 1 N–H and O–H groups in total. The predicted octanol–water partition coefficient (Wildman–Crippen LogP) is 2.02. The molecule has 1 fully saturated rings. The maximum absolute atomic E-state index is 5.31. The second-order valence-corrected chi connectivity index (χ2v) is 6.20. The van der Waals surface area contributed by atoms with Crippen molar-refractivity contribution < 1.29 is 4.52 Å². The minimum atomic E-state index is 0.595. The Morgan fingerprint density at radius 3 is 3.30 bits per heavy atom. The van der Waals surface area contributed by atoms with Crippen LogP contribution >= 0.6 is 11.3 Å². The van der Waals surface area contributed by atoms with Gasteiger partial charge in [0.2, 0.25) is 11.7 Å². The van der Waals surface area contributed by atoms with Crippen LogP contribution in [0.1, 0.15) is 19.2 Å². The van der Waals surface area contributed by atoms with Crippen LogP contribution in [-0.2, 0) is 6.42 Å². The van der Waals surface area contributed by atoms with Crippen molar-refractivity contribution in [3.8, 4) is 10.7 Å². The molecule has 0 radical (unpaired) electrons. The number of thiophene rings is 1. The average molecular weight is 292 g/mol. The molecule has 0 amide bonds. The lowest BCUT2D eigenvalue weighted by Crippen LogP contribution is -2.49. The maximum Gasteiger partial charge on any atom is 0.227 e. The molecule has 108 valence electrons. The van der Waals surface area contributed by atoms with Crippen molar-refractivity contribution in [3.63, 3.8) is 0 Å². The second kappa shape index (κ2) is 6.47. The molecule has 0 aliphatic carbocycles. The van der Waals surface area contributed by atoms with Gasteiger partial charge in [-0.15, -0.1) is 11.3 Å². The predicted molar refractivity (Wildman–Crippen MR) is 79.8 cm³/mol. The molecule has 3 heterocycles. The van der Waals surface area contributed by atoms with Crippen molar-refractivity contribution in [2.75, 3.05) is 26.2 Å². The van der Waals surface area contributed by atoms with Gasteiger partial charge in [-0.05, 0) is 31.3 Å². The smallest absolute Gasteiger partial charge is 0.227 e.